The summed E-state index contributed by atoms with van der Waals surface area (Å²) in [5.41, 5.74) is 0.197. The molecule has 1 heterocycles. The van der Waals surface area contributed by atoms with Crippen LogP contribution in [0.3, 0.4) is 0 Å². The Kier molecular flexibility index (Phi) is 4.56. The summed E-state index contributed by atoms with van der Waals surface area (Å²) >= 11 is 0. The van der Waals surface area contributed by atoms with Gasteiger partial charge in [-0.25, -0.2) is 0 Å². The summed E-state index contributed by atoms with van der Waals surface area (Å²) in [5.74, 6) is 0. The van der Waals surface area contributed by atoms with E-state index in [2.05, 4.69) is 45.1 Å². The van der Waals surface area contributed by atoms with Gasteiger partial charge in [0.1, 0.15) is 0 Å². The SMILES string of the molecule is CN(C)CC1CCC(CNC(C)(C)C)O1. The van der Waals surface area contributed by atoms with Crippen LogP contribution in [0.25, 0.3) is 0 Å². The molecule has 0 saturated carbocycles. The number of nitrogens with zero attached hydrogens (tertiary/aromatic N) is 1. The van der Waals surface area contributed by atoms with E-state index in [1.807, 2.05) is 0 Å². The van der Waals surface area contributed by atoms with Crippen molar-refractivity contribution in [2.45, 2.75) is 51.4 Å². The molecule has 1 aliphatic rings. The number of rotatable bonds is 4. The van der Waals surface area contributed by atoms with E-state index in [0.717, 1.165) is 13.1 Å². The summed E-state index contributed by atoms with van der Waals surface area (Å²) < 4.78 is 5.96. The van der Waals surface area contributed by atoms with Crippen molar-refractivity contribution in [2.75, 3.05) is 27.2 Å². The van der Waals surface area contributed by atoms with E-state index in [9.17, 15) is 0 Å². The largest absolute Gasteiger partial charge is 0.372 e. The summed E-state index contributed by atoms with van der Waals surface area (Å²) in [7, 11) is 4.20. The van der Waals surface area contributed by atoms with Crippen molar-refractivity contribution in [2.24, 2.45) is 0 Å². The third-order valence-electron chi connectivity index (χ3n) is 2.62. The first kappa shape index (κ1) is 12.9. The lowest BCUT2D eigenvalue weighted by Crippen LogP contribution is -2.41. The first-order valence-corrected chi connectivity index (χ1v) is 5.92. The standard InChI is InChI=1S/C12H26N2O/c1-12(2,3)13-8-10-6-7-11(15-10)9-14(4)5/h10-11,13H,6-9H2,1-5H3. The van der Waals surface area contributed by atoms with Gasteiger partial charge < -0.3 is 15.0 Å². The second kappa shape index (κ2) is 5.28. The fourth-order valence-corrected chi connectivity index (χ4v) is 1.89. The van der Waals surface area contributed by atoms with E-state index < -0.39 is 0 Å². The highest BCUT2D eigenvalue weighted by atomic mass is 16.5. The van der Waals surface area contributed by atoms with Gasteiger partial charge in [-0.1, -0.05) is 0 Å². The van der Waals surface area contributed by atoms with Gasteiger partial charge in [0.2, 0.25) is 0 Å². The smallest absolute Gasteiger partial charge is 0.0707 e. The minimum atomic E-state index is 0.197. The summed E-state index contributed by atoms with van der Waals surface area (Å²) in [6.45, 7) is 8.61. The van der Waals surface area contributed by atoms with Crippen LogP contribution in [-0.4, -0.2) is 49.8 Å². The number of likely N-dealkylation sites (N-methyl/N-ethyl adjacent to an activating group) is 1. The van der Waals surface area contributed by atoms with Gasteiger partial charge in [-0.2, -0.15) is 0 Å². The number of hydrogen-bond donors (Lipinski definition) is 1. The zero-order valence-electron chi connectivity index (χ0n) is 10.8. The second-order valence-electron chi connectivity index (χ2n) is 5.85. The molecule has 1 N–H and O–H groups in total. The van der Waals surface area contributed by atoms with E-state index in [1.54, 1.807) is 0 Å². The van der Waals surface area contributed by atoms with Crippen LogP contribution >= 0.6 is 0 Å². The monoisotopic (exact) mass is 214 g/mol. The lowest BCUT2D eigenvalue weighted by molar-refractivity contribution is 0.0289. The van der Waals surface area contributed by atoms with E-state index in [4.69, 9.17) is 4.74 Å². The number of ether oxygens (including phenoxy) is 1. The predicted octanol–water partition coefficient (Wildman–Crippen LogP) is 1.48. The summed E-state index contributed by atoms with van der Waals surface area (Å²) in [5, 5.41) is 3.50. The van der Waals surface area contributed by atoms with Gasteiger partial charge >= 0.3 is 0 Å². The molecule has 0 spiro atoms. The molecule has 2 atom stereocenters. The molecular formula is C12H26N2O. The van der Waals surface area contributed by atoms with Gasteiger partial charge in [-0.3, -0.25) is 0 Å². The molecule has 1 aliphatic heterocycles. The van der Waals surface area contributed by atoms with Crippen LogP contribution in [0.2, 0.25) is 0 Å². The van der Waals surface area contributed by atoms with E-state index >= 15 is 0 Å². The van der Waals surface area contributed by atoms with E-state index in [-0.39, 0.29) is 5.54 Å². The second-order valence-corrected chi connectivity index (χ2v) is 5.85. The van der Waals surface area contributed by atoms with Gasteiger partial charge in [0.25, 0.3) is 0 Å². The average molecular weight is 214 g/mol. The van der Waals surface area contributed by atoms with Crippen molar-refractivity contribution in [3.63, 3.8) is 0 Å². The molecule has 1 fully saturated rings. The number of hydrogen-bond acceptors (Lipinski definition) is 3. The van der Waals surface area contributed by atoms with Crippen molar-refractivity contribution < 1.29 is 4.74 Å². The Morgan fingerprint density at radius 2 is 1.80 bits per heavy atom. The Balaban J connectivity index is 2.19. The fraction of sp³-hybridized carbons (Fsp3) is 1.00. The lowest BCUT2D eigenvalue weighted by atomic mass is 10.1. The highest BCUT2D eigenvalue weighted by molar-refractivity contribution is 4.80. The van der Waals surface area contributed by atoms with Crippen LogP contribution < -0.4 is 5.32 Å². The maximum absolute atomic E-state index is 5.96. The molecule has 0 amide bonds. The molecule has 0 aromatic heterocycles. The maximum atomic E-state index is 5.96. The molecule has 90 valence electrons. The predicted molar refractivity (Wildman–Crippen MR) is 64.2 cm³/mol. The fourth-order valence-electron chi connectivity index (χ4n) is 1.89. The lowest BCUT2D eigenvalue weighted by Gasteiger charge is -2.23. The van der Waals surface area contributed by atoms with Crippen molar-refractivity contribution >= 4 is 0 Å². The van der Waals surface area contributed by atoms with Crippen LogP contribution in [-0.2, 0) is 4.74 Å². The van der Waals surface area contributed by atoms with Crippen molar-refractivity contribution in [1.82, 2.24) is 10.2 Å². The topological polar surface area (TPSA) is 24.5 Å². The molecule has 3 heteroatoms. The van der Waals surface area contributed by atoms with Crippen LogP contribution in [0.4, 0.5) is 0 Å². The Labute approximate surface area is 94.2 Å². The first-order valence-electron chi connectivity index (χ1n) is 5.92. The van der Waals surface area contributed by atoms with Crippen molar-refractivity contribution in [3.05, 3.63) is 0 Å². The summed E-state index contributed by atoms with van der Waals surface area (Å²) in [4.78, 5) is 2.20. The van der Waals surface area contributed by atoms with Crippen LogP contribution in [0.1, 0.15) is 33.6 Å². The Morgan fingerprint density at radius 3 is 2.33 bits per heavy atom. The summed E-state index contributed by atoms with van der Waals surface area (Å²) in [6, 6.07) is 0. The Morgan fingerprint density at radius 1 is 1.20 bits per heavy atom. The van der Waals surface area contributed by atoms with Crippen LogP contribution in [0.5, 0.6) is 0 Å². The minimum absolute atomic E-state index is 0.197. The molecule has 0 aliphatic carbocycles. The zero-order chi connectivity index (χ0) is 11.5. The first-order chi connectivity index (χ1) is 6.87. The van der Waals surface area contributed by atoms with Gasteiger partial charge in [0.15, 0.2) is 0 Å². The Hall–Kier alpha value is -0.120. The molecule has 1 rings (SSSR count). The maximum Gasteiger partial charge on any atom is 0.0707 e. The van der Waals surface area contributed by atoms with E-state index in [1.165, 1.54) is 12.8 Å². The quantitative estimate of drug-likeness (QED) is 0.767. The highest BCUT2D eigenvalue weighted by Crippen LogP contribution is 2.20. The molecule has 2 unspecified atom stereocenters. The highest BCUT2D eigenvalue weighted by Gasteiger charge is 2.26. The molecular weight excluding hydrogens is 188 g/mol. The molecule has 0 bridgehead atoms. The van der Waals surface area contributed by atoms with Crippen molar-refractivity contribution in [3.8, 4) is 0 Å². The molecule has 0 aromatic rings. The minimum Gasteiger partial charge on any atom is -0.372 e. The average Bonchev–Trinajstić information content (AvgIpc) is 2.46. The van der Waals surface area contributed by atoms with Crippen LogP contribution in [0, 0.1) is 0 Å². The molecule has 0 radical (unpaired) electrons. The Bertz CT molecular complexity index is 187. The zero-order valence-corrected chi connectivity index (χ0v) is 10.8. The van der Waals surface area contributed by atoms with Gasteiger partial charge in [0, 0.05) is 18.6 Å². The van der Waals surface area contributed by atoms with Gasteiger partial charge in [-0.05, 0) is 47.7 Å². The molecule has 15 heavy (non-hydrogen) atoms. The third kappa shape index (κ3) is 5.50. The normalized spacial score (nSPS) is 27.6. The molecule has 1 saturated heterocycles. The van der Waals surface area contributed by atoms with E-state index in [0.29, 0.717) is 12.2 Å². The van der Waals surface area contributed by atoms with Gasteiger partial charge in [-0.15, -0.1) is 0 Å². The van der Waals surface area contributed by atoms with Gasteiger partial charge in [0.05, 0.1) is 12.2 Å². The van der Waals surface area contributed by atoms with Crippen molar-refractivity contribution in [1.29, 1.82) is 0 Å². The number of nitrogens with one attached hydrogen (secondary N) is 1. The molecule has 0 aromatic carbocycles. The van der Waals surface area contributed by atoms with Crippen LogP contribution in [0.15, 0.2) is 0 Å². The summed E-state index contributed by atoms with van der Waals surface area (Å²) in [6.07, 6.45) is 3.25. The third-order valence-corrected chi connectivity index (χ3v) is 2.62. The molecule has 3 nitrogen and oxygen atoms in total.